The summed E-state index contributed by atoms with van der Waals surface area (Å²) in [5.41, 5.74) is 6.72. The summed E-state index contributed by atoms with van der Waals surface area (Å²) in [6.45, 7) is 0.724. The Morgan fingerprint density at radius 1 is 1.53 bits per heavy atom. The molecule has 0 unspecified atom stereocenters. The second kappa shape index (κ2) is 5.27. The third-order valence-corrected chi connectivity index (χ3v) is 3.33. The van der Waals surface area contributed by atoms with Gasteiger partial charge in [0.05, 0.1) is 0 Å². The monoisotopic (exact) mass is 233 g/mol. The Morgan fingerprint density at radius 3 is 2.88 bits per heavy atom. The van der Waals surface area contributed by atoms with Gasteiger partial charge >= 0.3 is 0 Å². The highest BCUT2D eigenvalue weighted by atomic mass is 16.2. The minimum Gasteiger partial charge on any atom is -0.345 e. The molecule has 0 atom stereocenters. The van der Waals surface area contributed by atoms with Gasteiger partial charge < -0.3 is 10.6 Å². The smallest absolute Gasteiger partial charge is 0.225 e. The van der Waals surface area contributed by atoms with Crippen molar-refractivity contribution in [3.8, 4) is 0 Å². The van der Waals surface area contributed by atoms with Gasteiger partial charge in [-0.2, -0.15) is 0 Å². The molecular weight excluding hydrogens is 214 g/mol. The van der Waals surface area contributed by atoms with Crippen LogP contribution in [0.2, 0.25) is 0 Å². The molecule has 4 nitrogen and oxygen atoms in total. The van der Waals surface area contributed by atoms with E-state index in [4.69, 9.17) is 5.73 Å². The van der Waals surface area contributed by atoms with Crippen LogP contribution in [0, 0.1) is 5.92 Å². The summed E-state index contributed by atoms with van der Waals surface area (Å²) in [4.78, 5) is 18.0. The quantitative estimate of drug-likeness (QED) is 0.837. The molecule has 4 heteroatoms. The third kappa shape index (κ3) is 3.03. The number of rotatable bonds is 4. The van der Waals surface area contributed by atoms with Crippen LogP contribution in [0.25, 0.3) is 0 Å². The molecule has 17 heavy (non-hydrogen) atoms. The van der Waals surface area contributed by atoms with E-state index in [0.29, 0.717) is 0 Å². The van der Waals surface area contributed by atoms with Crippen LogP contribution < -0.4 is 5.73 Å². The number of pyridine rings is 1. The summed E-state index contributed by atoms with van der Waals surface area (Å²) in [6, 6.07) is 6.08. The Hall–Kier alpha value is -1.42. The Balaban J connectivity index is 1.77. The van der Waals surface area contributed by atoms with E-state index in [1.165, 1.54) is 0 Å². The molecule has 1 aliphatic rings. The number of hydrogen-bond donors (Lipinski definition) is 1. The van der Waals surface area contributed by atoms with Crippen LogP contribution in [0.5, 0.6) is 0 Å². The fourth-order valence-corrected chi connectivity index (χ4v) is 2.11. The van der Waals surface area contributed by atoms with Gasteiger partial charge in [0.15, 0.2) is 0 Å². The first kappa shape index (κ1) is 12.0. The van der Waals surface area contributed by atoms with Gasteiger partial charge in [-0.25, -0.2) is 0 Å². The van der Waals surface area contributed by atoms with Crippen LogP contribution in [0.3, 0.4) is 0 Å². The first-order valence-electron chi connectivity index (χ1n) is 6.07. The van der Waals surface area contributed by atoms with Crippen LogP contribution in [0.4, 0.5) is 0 Å². The number of likely N-dealkylation sites (N-methyl/N-ethyl adjacent to an activating group) is 1. The molecule has 0 saturated heterocycles. The number of nitrogens with zero attached hydrogens (tertiary/aromatic N) is 2. The van der Waals surface area contributed by atoms with Gasteiger partial charge in [-0.05, 0) is 25.0 Å². The maximum absolute atomic E-state index is 11.9. The molecule has 2 N–H and O–H groups in total. The minimum absolute atomic E-state index is 0.152. The van der Waals surface area contributed by atoms with Crippen molar-refractivity contribution in [3.05, 3.63) is 30.1 Å². The zero-order valence-electron chi connectivity index (χ0n) is 10.2. The predicted molar refractivity (Wildman–Crippen MR) is 66.3 cm³/mol. The summed E-state index contributed by atoms with van der Waals surface area (Å²) in [5, 5.41) is 0. The van der Waals surface area contributed by atoms with Crippen LogP contribution in [-0.2, 0) is 11.2 Å². The van der Waals surface area contributed by atoms with Crippen LogP contribution in [0.1, 0.15) is 18.5 Å². The third-order valence-electron chi connectivity index (χ3n) is 3.33. The van der Waals surface area contributed by atoms with Crippen molar-refractivity contribution >= 4 is 5.91 Å². The number of aromatic nitrogens is 1. The summed E-state index contributed by atoms with van der Waals surface area (Å²) in [7, 11) is 1.86. The predicted octanol–water partition coefficient (Wildman–Crippen LogP) is 0.820. The SMILES string of the molecule is CN(CCc1ccccn1)C(=O)C1CC(N)C1. The topological polar surface area (TPSA) is 59.2 Å². The van der Waals surface area contributed by atoms with Crippen molar-refractivity contribution in [2.45, 2.75) is 25.3 Å². The Bertz CT molecular complexity index is 374. The summed E-state index contributed by atoms with van der Waals surface area (Å²) in [5.74, 6) is 0.376. The highest BCUT2D eigenvalue weighted by molar-refractivity contribution is 5.79. The number of carbonyl (C=O) groups excluding carboxylic acids is 1. The standard InChI is InChI=1S/C13H19N3O/c1-16(13(17)10-8-11(14)9-10)7-5-12-4-2-3-6-15-12/h2-4,6,10-11H,5,7-9,14H2,1H3. The van der Waals surface area contributed by atoms with Crippen molar-refractivity contribution in [2.24, 2.45) is 11.7 Å². The van der Waals surface area contributed by atoms with Crippen LogP contribution in [-0.4, -0.2) is 35.4 Å². The van der Waals surface area contributed by atoms with Gasteiger partial charge in [-0.1, -0.05) is 6.07 Å². The second-order valence-corrected chi connectivity index (χ2v) is 4.76. The van der Waals surface area contributed by atoms with Crippen LogP contribution >= 0.6 is 0 Å². The molecule has 1 fully saturated rings. The molecule has 1 aromatic heterocycles. The lowest BCUT2D eigenvalue weighted by Gasteiger charge is -2.34. The molecule has 0 radical (unpaired) electrons. The van der Waals surface area contributed by atoms with E-state index in [1.54, 1.807) is 11.1 Å². The Morgan fingerprint density at radius 2 is 2.29 bits per heavy atom. The van der Waals surface area contributed by atoms with E-state index in [-0.39, 0.29) is 17.9 Å². The highest BCUT2D eigenvalue weighted by Gasteiger charge is 2.33. The highest BCUT2D eigenvalue weighted by Crippen LogP contribution is 2.27. The minimum atomic E-state index is 0.152. The number of hydrogen-bond acceptors (Lipinski definition) is 3. The van der Waals surface area contributed by atoms with Crippen molar-refractivity contribution in [1.29, 1.82) is 0 Å². The van der Waals surface area contributed by atoms with Crippen molar-refractivity contribution in [3.63, 3.8) is 0 Å². The lowest BCUT2D eigenvalue weighted by Crippen LogP contribution is -2.46. The maximum Gasteiger partial charge on any atom is 0.225 e. The zero-order valence-corrected chi connectivity index (χ0v) is 10.2. The molecule has 1 amide bonds. The second-order valence-electron chi connectivity index (χ2n) is 4.76. The van der Waals surface area contributed by atoms with Crippen LogP contribution in [0.15, 0.2) is 24.4 Å². The molecule has 2 rings (SSSR count). The van der Waals surface area contributed by atoms with E-state index in [0.717, 1.165) is 31.5 Å². The molecule has 1 saturated carbocycles. The van der Waals surface area contributed by atoms with E-state index >= 15 is 0 Å². The summed E-state index contributed by atoms with van der Waals surface area (Å²) in [6.07, 6.45) is 4.27. The molecule has 0 aliphatic heterocycles. The lowest BCUT2D eigenvalue weighted by molar-refractivity contribution is -0.137. The maximum atomic E-state index is 11.9. The molecule has 1 heterocycles. The first-order valence-corrected chi connectivity index (χ1v) is 6.07. The van der Waals surface area contributed by atoms with E-state index in [9.17, 15) is 4.79 Å². The van der Waals surface area contributed by atoms with Crippen molar-refractivity contribution < 1.29 is 4.79 Å². The molecule has 1 aromatic rings. The van der Waals surface area contributed by atoms with Gasteiger partial charge in [0.1, 0.15) is 0 Å². The molecule has 0 aromatic carbocycles. The largest absolute Gasteiger partial charge is 0.345 e. The van der Waals surface area contributed by atoms with Gasteiger partial charge in [0.25, 0.3) is 0 Å². The Labute approximate surface area is 102 Å². The Kier molecular flexibility index (Phi) is 3.74. The van der Waals surface area contributed by atoms with Crippen molar-refractivity contribution in [1.82, 2.24) is 9.88 Å². The number of nitrogens with two attached hydrogens (primary N) is 1. The average molecular weight is 233 g/mol. The normalized spacial score (nSPS) is 22.9. The molecule has 92 valence electrons. The van der Waals surface area contributed by atoms with E-state index < -0.39 is 0 Å². The van der Waals surface area contributed by atoms with E-state index in [1.807, 2.05) is 25.2 Å². The number of amides is 1. The van der Waals surface area contributed by atoms with Crippen molar-refractivity contribution in [2.75, 3.05) is 13.6 Å². The zero-order chi connectivity index (χ0) is 12.3. The van der Waals surface area contributed by atoms with E-state index in [2.05, 4.69) is 4.98 Å². The molecule has 0 bridgehead atoms. The van der Waals surface area contributed by atoms with Gasteiger partial charge in [0, 0.05) is 43.9 Å². The lowest BCUT2D eigenvalue weighted by atomic mass is 9.80. The summed E-state index contributed by atoms with van der Waals surface area (Å²) < 4.78 is 0. The van der Waals surface area contributed by atoms with Gasteiger partial charge in [0.2, 0.25) is 5.91 Å². The average Bonchev–Trinajstić information content (AvgIpc) is 2.32. The summed E-state index contributed by atoms with van der Waals surface area (Å²) >= 11 is 0. The first-order chi connectivity index (χ1) is 8.16. The molecule has 0 spiro atoms. The fraction of sp³-hybridized carbons (Fsp3) is 0.538. The number of carbonyl (C=O) groups is 1. The van der Waals surface area contributed by atoms with Gasteiger partial charge in [-0.15, -0.1) is 0 Å². The van der Waals surface area contributed by atoms with Gasteiger partial charge in [-0.3, -0.25) is 9.78 Å². The molecular formula is C13H19N3O. The molecule has 1 aliphatic carbocycles. The fourth-order valence-electron chi connectivity index (χ4n) is 2.11.